The number of ether oxygens (including phenoxy) is 5. The van der Waals surface area contributed by atoms with Gasteiger partial charge in [0.05, 0.1) is 6.61 Å². The third kappa shape index (κ3) is 39.5. The first kappa shape index (κ1) is 67.4. The molecule has 0 saturated carbocycles. The number of unbranched alkanes of at least 4 members (excludes halogenated alkanes) is 25. The predicted molar refractivity (Wildman–Crippen MR) is 294 cm³/mol. The molecule has 0 spiro atoms. The number of carbonyl (C=O) groups excluding carboxylic acids is 3. The van der Waals surface area contributed by atoms with Crippen LogP contribution in [0, 0.1) is 0 Å². The Kier molecular flexibility index (Phi) is 45.5. The Hall–Kier alpha value is -3.58. The monoisotopic (exact) mass is 1030 g/mol. The molecule has 3 N–H and O–H groups in total. The van der Waals surface area contributed by atoms with Crippen LogP contribution in [0.4, 0.5) is 0 Å². The van der Waals surface area contributed by atoms with Crippen LogP contribution < -0.4 is 0 Å². The fourth-order valence-corrected chi connectivity index (χ4v) is 8.59. The lowest BCUT2D eigenvalue weighted by Crippen LogP contribution is -2.61. The molecule has 420 valence electrons. The molecule has 0 aromatic rings. The van der Waals surface area contributed by atoms with Crippen molar-refractivity contribution in [3.05, 3.63) is 60.8 Å². The van der Waals surface area contributed by atoms with Crippen molar-refractivity contribution in [2.24, 2.45) is 0 Å². The molecule has 0 amide bonds. The molecular formula is C61H104O12. The second-order valence-electron chi connectivity index (χ2n) is 19.9. The molecule has 0 bridgehead atoms. The molecule has 1 heterocycles. The zero-order valence-corrected chi connectivity index (χ0v) is 46.1. The lowest BCUT2D eigenvalue weighted by Gasteiger charge is -2.40. The van der Waals surface area contributed by atoms with Gasteiger partial charge in [-0.3, -0.25) is 14.4 Å². The second-order valence-corrected chi connectivity index (χ2v) is 19.9. The highest BCUT2D eigenvalue weighted by Gasteiger charge is 2.50. The highest BCUT2D eigenvalue weighted by atomic mass is 16.7. The number of allylic oxidation sites excluding steroid dienone is 10. The fourth-order valence-electron chi connectivity index (χ4n) is 8.59. The van der Waals surface area contributed by atoms with Gasteiger partial charge < -0.3 is 39.0 Å². The van der Waals surface area contributed by atoms with E-state index in [1.54, 1.807) is 0 Å². The van der Waals surface area contributed by atoms with E-state index in [4.69, 9.17) is 23.7 Å². The topological polar surface area (TPSA) is 175 Å². The maximum atomic E-state index is 13.1. The van der Waals surface area contributed by atoms with E-state index in [1.165, 1.54) is 83.5 Å². The molecule has 0 aromatic carbocycles. The largest absolute Gasteiger partial charge is 0.479 e. The maximum absolute atomic E-state index is 13.1. The molecule has 12 heteroatoms. The first-order valence-corrected chi connectivity index (χ1v) is 29.3. The van der Waals surface area contributed by atoms with E-state index in [0.29, 0.717) is 19.3 Å². The fraction of sp³-hybridized carbons (Fsp3) is 0.770. The van der Waals surface area contributed by atoms with Gasteiger partial charge in [-0.2, -0.15) is 0 Å². The Labute approximate surface area is 443 Å². The maximum Gasteiger partial charge on any atom is 0.335 e. The van der Waals surface area contributed by atoms with E-state index in [0.717, 1.165) is 109 Å². The van der Waals surface area contributed by atoms with Crippen LogP contribution >= 0.6 is 0 Å². The average molecular weight is 1030 g/mol. The summed E-state index contributed by atoms with van der Waals surface area (Å²) in [6, 6.07) is 0. The Morgan fingerprint density at radius 1 is 0.466 bits per heavy atom. The normalized spacial score (nSPS) is 18.7. The van der Waals surface area contributed by atoms with Crippen LogP contribution in [-0.2, 0) is 42.9 Å². The minimum atomic E-state index is -1.91. The van der Waals surface area contributed by atoms with Gasteiger partial charge in [-0.15, -0.1) is 0 Å². The Morgan fingerprint density at radius 3 is 1.34 bits per heavy atom. The number of aliphatic carboxylic acids is 1. The molecule has 0 aromatic heterocycles. The number of hydrogen-bond acceptors (Lipinski definition) is 11. The highest BCUT2D eigenvalue weighted by molar-refractivity contribution is 5.74. The summed E-state index contributed by atoms with van der Waals surface area (Å²) in [5, 5.41) is 31.4. The van der Waals surface area contributed by atoms with Gasteiger partial charge >= 0.3 is 23.9 Å². The summed E-state index contributed by atoms with van der Waals surface area (Å²) in [5.41, 5.74) is 0. The second kappa shape index (κ2) is 49.3. The quantitative estimate of drug-likeness (QED) is 0.0228. The van der Waals surface area contributed by atoms with Gasteiger partial charge in [-0.05, 0) is 83.5 Å². The summed E-state index contributed by atoms with van der Waals surface area (Å²) in [6.45, 7) is 5.84. The van der Waals surface area contributed by atoms with Crippen molar-refractivity contribution in [1.29, 1.82) is 0 Å². The number of aliphatic hydroxyl groups excluding tert-OH is 2. The van der Waals surface area contributed by atoms with E-state index >= 15 is 0 Å². The molecule has 6 unspecified atom stereocenters. The number of hydrogen-bond donors (Lipinski definition) is 3. The molecule has 0 radical (unpaired) electrons. The van der Waals surface area contributed by atoms with E-state index < -0.39 is 67.3 Å². The van der Waals surface area contributed by atoms with E-state index in [2.05, 4.69) is 81.5 Å². The van der Waals surface area contributed by atoms with Gasteiger partial charge in [-0.1, -0.05) is 210 Å². The van der Waals surface area contributed by atoms with Crippen molar-refractivity contribution in [3.63, 3.8) is 0 Å². The Morgan fingerprint density at radius 2 is 0.863 bits per heavy atom. The molecule has 1 aliphatic rings. The molecule has 1 fully saturated rings. The van der Waals surface area contributed by atoms with Crippen molar-refractivity contribution < 1.29 is 58.2 Å². The van der Waals surface area contributed by atoms with Gasteiger partial charge in [0, 0.05) is 19.3 Å². The summed E-state index contributed by atoms with van der Waals surface area (Å²) in [5.74, 6) is -3.15. The highest BCUT2D eigenvalue weighted by Crippen LogP contribution is 2.26. The number of aliphatic hydroxyl groups is 2. The Balaban J connectivity index is 2.71. The molecule has 1 aliphatic heterocycles. The van der Waals surface area contributed by atoms with Crippen LogP contribution in [0.15, 0.2) is 60.8 Å². The van der Waals surface area contributed by atoms with E-state index in [1.807, 2.05) is 0 Å². The van der Waals surface area contributed by atoms with Crippen LogP contribution in [0.2, 0.25) is 0 Å². The van der Waals surface area contributed by atoms with Crippen molar-refractivity contribution in [1.82, 2.24) is 0 Å². The van der Waals surface area contributed by atoms with Gasteiger partial charge in [0.15, 0.2) is 24.6 Å². The molecule has 0 aliphatic carbocycles. The van der Waals surface area contributed by atoms with Crippen molar-refractivity contribution in [2.45, 2.75) is 289 Å². The van der Waals surface area contributed by atoms with Crippen molar-refractivity contribution >= 4 is 23.9 Å². The Bertz CT molecular complexity index is 1500. The number of carbonyl (C=O) groups is 4. The number of rotatable bonds is 49. The molecule has 73 heavy (non-hydrogen) atoms. The van der Waals surface area contributed by atoms with Crippen LogP contribution in [-0.4, -0.2) is 89.2 Å². The van der Waals surface area contributed by atoms with Gasteiger partial charge in [0.1, 0.15) is 18.8 Å². The van der Waals surface area contributed by atoms with Gasteiger partial charge in [-0.25, -0.2) is 4.79 Å². The SMILES string of the molecule is CC/C=C\C/C=C\C/C=C\C/C=C\CCCCCCC(=O)OCC(COC1OC(C(=O)O)C(O)C(O)C1OC(=O)CCCCCCC/C=C\CCCCCC)OC(=O)CCCCCCCCCCCCCCC. The minimum Gasteiger partial charge on any atom is -0.479 e. The van der Waals surface area contributed by atoms with Gasteiger partial charge in [0.25, 0.3) is 0 Å². The smallest absolute Gasteiger partial charge is 0.335 e. The average Bonchev–Trinajstić information content (AvgIpc) is 3.37. The summed E-state index contributed by atoms with van der Waals surface area (Å²) in [4.78, 5) is 51.1. The van der Waals surface area contributed by atoms with Crippen LogP contribution in [0.1, 0.15) is 252 Å². The van der Waals surface area contributed by atoms with E-state index in [-0.39, 0.29) is 25.9 Å². The number of carboxylic acid groups (broad SMARTS) is 1. The predicted octanol–water partition coefficient (Wildman–Crippen LogP) is 14.8. The molecule has 12 nitrogen and oxygen atoms in total. The van der Waals surface area contributed by atoms with Crippen LogP contribution in [0.5, 0.6) is 0 Å². The molecule has 1 rings (SSSR count). The third-order valence-corrected chi connectivity index (χ3v) is 13.1. The van der Waals surface area contributed by atoms with Crippen molar-refractivity contribution in [2.75, 3.05) is 13.2 Å². The van der Waals surface area contributed by atoms with Crippen LogP contribution in [0.25, 0.3) is 0 Å². The molecule has 1 saturated heterocycles. The zero-order chi connectivity index (χ0) is 53.3. The number of carboxylic acids is 1. The third-order valence-electron chi connectivity index (χ3n) is 13.1. The summed E-state index contributed by atoms with van der Waals surface area (Å²) in [7, 11) is 0. The molecular weight excluding hydrogens is 925 g/mol. The van der Waals surface area contributed by atoms with E-state index in [9.17, 15) is 34.5 Å². The lowest BCUT2D eigenvalue weighted by atomic mass is 9.98. The van der Waals surface area contributed by atoms with Crippen LogP contribution in [0.3, 0.4) is 0 Å². The van der Waals surface area contributed by atoms with Crippen molar-refractivity contribution in [3.8, 4) is 0 Å². The molecule has 6 atom stereocenters. The zero-order valence-electron chi connectivity index (χ0n) is 46.1. The number of esters is 3. The minimum absolute atomic E-state index is 0.0483. The van der Waals surface area contributed by atoms with Gasteiger partial charge in [0.2, 0.25) is 0 Å². The summed E-state index contributed by atoms with van der Waals surface area (Å²) < 4.78 is 28.4. The first-order chi connectivity index (χ1) is 35.6. The lowest BCUT2D eigenvalue weighted by molar-refractivity contribution is -0.301. The summed E-state index contributed by atoms with van der Waals surface area (Å²) >= 11 is 0. The summed E-state index contributed by atoms with van der Waals surface area (Å²) in [6.07, 6.45) is 47.6. The first-order valence-electron chi connectivity index (χ1n) is 29.3. The standard InChI is InChI=1S/C61H104O12/c1-4-7-10-13-16-19-22-25-26-27-28-31-32-35-38-41-44-47-53(62)69-50-52(71-54(63)48-45-42-39-36-33-29-23-20-17-14-11-8-5-2)51-70-61-59(57(66)56(65)58(73-61)60(67)68)72-55(64)49-46-43-40-37-34-30-24-21-18-15-12-9-6-3/h7,10,16,19,21,24-26,28,31,52,56-59,61,65-66H,4-6,8-9,11-15,17-18,20,22-23,27,29-30,32-51H2,1-3H3,(H,67,68)/b10-7-,19-16-,24-21-,26-25-,31-28-.